The second kappa shape index (κ2) is 5.47. The molecule has 1 heterocycles. The molecule has 0 radical (unpaired) electrons. The Morgan fingerprint density at radius 2 is 2.30 bits per heavy atom. The third-order valence-electron chi connectivity index (χ3n) is 2.68. The molecular weight excluding hydrogens is 267 g/mol. The molecule has 0 bridgehead atoms. The molecule has 1 amide bonds. The summed E-state index contributed by atoms with van der Waals surface area (Å²) in [7, 11) is 0. The number of amides is 1. The van der Waals surface area contributed by atoms with Gasteiger partial charge in [0.15, 0.2) is 0 Å². The smallest absolute Gasteiger partial charge is 0.270 e. The first-order valence-corrected chi connectivity index (χ1v) is 5.73. The highest BCUT2D eigenvalue weighted by Gasteiger charge is 2.19. The molecule has 2 rings (SSSR count). The minimum atomic E-state index is -0.820. The molecule has 0 aliphatic carbocycles. The first-order chi connectivity index (χ1) is 9.49. The monoisotopic (exact) mass is 278 g/mol. The molecular formula is C12H11FN4O3. The van der Waals surface area contributed by atoms with Crippen LogP contribution in [0.5, 0.6) is 0 Å². The molecule has 0 aliphatic rings. The average molecular weight is 278 g/mol. The molecule has 2 N–H and O–H groups in total. The largest absolute Gasteiger partial charge is 0.347 e. The zero-order valence-corrected chi connectivity index (χ0v) is 10.5. The molecule has 0 spiro atoms. The van der Waals surface area contributed by atoms with Gasteiger partial charge in [0.05, 0.1) is 16.5 Å². The Hall–Kier alpha value is -2.77. The van der Waals surface area contributed by atoms with Gasteiger partial charge < -0.3 is 10.3 Å². The van der Waals surface area contributed by atoms with Gasteiger partial charge in [-0.3, -0.25) is 14.9 Å². The van der Waals surface area contributed by atoms with Gasteiger partial charge in [-0.05, 0) is 13.0 Å². The van der Waals surface area contributed by atoms with Crippen molar-refractivity contribution in [3.05, 3.63) is 57.9 Å². The zero-order chi connectivity index (χ0) is 14.7. The van der Waals surface area contributed by atoms with Crippen molar-refractivity contribution in [2.45, 2.75) is 13.0 Å². The van der Waals surface area contributed by atoms with E-state index < -0.39 is 22.7 Å². The molecule has 1 unspecified atom stereocenters. The molecule has 1 aromatic heterocycles. The number of nitro benzene ring substituents is 1. The SMILES string of the molecule is CC(NC(=O)c1cc([N+](=O)[O-])ccc1F)c1ncc[nH]1. The lowest BCUT2D eigenvalue weighted by atomic mass is 10.1. The molecule has 0 saturated carbocycles. The van der Waals surface area contributed by atoms with E-state index in [0.29, 0.717) is 5.82 Å². The highest BCUT2D eigenvalue weighted by molar-refractivity contribution is 5.95. The summed E-state index contributed by atoms with van der Waals surface area (Å²) in [4.78, 5) is 28.6. The summed E-state index contributed by atoms with van der Waals surface area (Å²) in [6.07, 6.45) is 3.11. The quantitative estimate of drug-likeness (QED) is 0.659. The average Bonchev–Trinajstić information content (AvgIpc) is 2.92. The number of hydrogen-bond acceptors (Lipinski definition) is 4. The molecule has 0 fully saturated rings. The van der Waals surface area contributed by atoms with E-state index in [0.717, 1.165) is 18.2 Å². The first kappa shape index (κ1) is 13.7. The Morgan fingerprint density at radius 3 is 2.90 bits per heavy atom. The van der Waals surface area contributed by atoms with Gasteiger partial charge in [-0.1, -0.05) is 0 Å². The van der Waals surface area contributed by atoms with Gasteiger partial charge >= 0.3 is 0 Å². The van der Waals surface area contributed by atoms with Crippen LogP contribution in [-0.4, -0.2) is 20.8 Å². The van der Waals surface area contributed by atoms with Crippen molar-refractivity contribution in [3.63, 3.8) is 0 Å². The summed E-state index contributed by atoms with van der Waals surface area (Å²) < 4.78 is 13.6. The summed E-state index contributed by atoms with van der Waals surface area (Å²) in [5, 5.41) is 13.1. The molecule has 20 heavy (non-hydrogen) atoms. The number of nitrogens with zero attached hydrogens (tertiary/aromatic N) is 2. The van der Waals surface area contributed by atoms with Crippen molar-refractivity contribution in [2.24, 2.45) is 0 Å². The van der Waals surface area contributed by atoms with Crippen LogP contribution in [0.15, 0.2) is 30.6 Å². The number of benzene rings is 1. The predicted molar refractivity (Wildman–Crippen MR) is 67.5 cm³/mol. The normalized spacial score (nSPS) is 11.9. The number of hydrogen-bond donors (Lipinski definition) is 2. The van der Waals surface area contributed by atoms with E-state index >= 15 is 0 Å². The van der Waals surface area contributed by atoms with Gasteiger partial charge in [0.25, 0.3) is 11.6 Å². The molecule has 0 saturated heterocycles. The van der Waals surface area contributed by atoms with Crippen molar-refractivity contribution < 1.29 is 14.1 Å². The first-order valence-electron chi connectivity index (χ1n) is 5.73. The Morgan fingerprint density at radius 1 is 1.55 bits per heavy atom. The van der Waals surface area contributed by atoms with Gasteiger partial charge in [0, 0.05) is 24.5 Å². The van der Waals surface area contributed by atoms with Crippen LogP contribution in [0.25, 0.3) is 0 Å². The van der Waals surface area contributed by atoms with Crippen molar-refractivity contribution in [1.29, 1.82) is 0 Å². The van der Waals surface area contributed by atoms with Gasteiger partial charge in [0.2, 0.25) is 0 Å². The Kier molecular flexibility index (Phi) is 3.74. The molecule has 7 nitrogen and oxygen atoms in total. The maximum absolute atomic E-state index is 13.6. The fourth-order valence-electron chi connectivity index (χ4n) is 1.66. The van der Waals surface area contributed by atoms with Crippen molar-refractivity contribution in [1.82, 2.24) is 15.3 Å². The fourth-order valence-corrected chi connectivity index (χ4v) is 1.66. The van der Waals surface area contributed by atoms with E-state index in [1.165, 1.54) is 6.20 Å². The lowest BCUT2D eigenvalue weighted by molar-refractivity contribution is -0.384. The summed E-state index contributed by atoms with van der Waals surface area (Å²) in [6.45, 7) is 1.66. The number of halogens is 1. The van der Waals surface area contributed by atoms with Gasteiger partial charge in [0.1, 0.15) is 11.6 Å². The lowest BCUT2D eigenvalue weighted by Crippen LogP contribution is -2.28. The number of non-ortho nitro benzene ring substituents is 1. The van der Waals surface area contributed by atoms with Gasteiger partial charge in [-0.25, -0.2) is 9.37 Å². The van der Waals surface area contributed by atoms with Crippen LogP contribution >= 0.6 is 0 Å². The minimum Gasteiger partial charge on any atom is -0.347 e. The van der Waals surface area contributed by atoms with E-state index in [4.69, 9.17) is 0 Å². The maximum atomic E-state index is 13.6. The predicted octanol–water partition coefficient (Wildman–Crippen LogP) is 1.95. The number of carbonyl (C=O) groups is 1. The second-order valence-corrected chi connectivity index (χ2v) is 4.09. The summed E-state index contributed by atoms with van der Waals surface area (Å²) in [6, 6.07) is 2.32. The van der Waals surface area contributed by atoms with Crippen molar-refractivity contribution >= 4 is 11.6 Å². The molecule has 8 heteroatoms. The van der Waals surface area contributed by atoms with E-state index in [1.54, 1.807) is 13.1 Å². The fraction of sp³-hybridized carbons (Fsp3) is 0.167. The van der Waals surface area contributed by atoms with E-state index in [9.17, 15) is 19.3 Å². The lowest BCUT2D eigenvalue weighted by Gasteiger charge is -2.11. The van der Waals surface area contributed by atoms with Crippen LogP contribution in [0.1, 0.15) is 29.1 Å². The van der Waals surface area contributed by atoms with E-state index in [1.807, 2.05) is 0 Å². The van der Waals surface area contributed by atoms with Crippen LogP contribution in [0.2, 0.25) is 0 Å². The third kappa shape index (κ3) is 2.79. The summed E-state index contributed by atoms with van der Waals surface area (Å²) in [5.41, 5.74) is -0.722. The molecule has 2 aromatic rings. The van der Waals surface area contributed by atoms with Crippen LogP contribution in [-0.2, 0) is 0 Å². The van der Waals surface area contributed by atoms with Crippen LogP contribution < -0.4 is 5.32 Å². The number of aromatic amines is 1. The highest BCUT2D eigenvalue weighted by atomic mass is 19.1. The number of nitrogens with one attached hydrogen (secondary N) is 2. The van der Waals surface area contributed by atoms with E-state index in [2.05, 4.69) is 15.3 Å². The van der Waals surface area contributed by atoms with Crippen LogP contribution in [0, 0.1) is 15.9 Å². The zero-order valence-electron chi connectivity index (χ0n) is 10.5. The molecule has 1 aromatic carbocycles. The number of carbonyl (C=O) groups excluding carboxylic acids is 1. The van der Waals surface area contributed by atoms with Gasteiger partial charge in [-0.15, -0.1) is 0 Å². The van der Waals surface area contributed by atoms with Crippen LogP contribution in [0.3, 0.4) is 0 Å². The number of H-pyrrole nitrogens is 1. The van der Waals surface area contributed by atoms with E-state index in [-0.39, 0.29) is 11.3 Å². The molecule has 0 aliphatic heterocycles. The number of nitro groups is 1. The maximum Gasteiger partial charge on any atom is 0.270 e. The summed E-state index contributed by atoms with van der Waals surface area (Å²) >= 11 is 0. The summed E-state index contributed by atoms with van der Waals surface area (Å²) in [5.74, 6) is -1.06. The Bertz CT molecular complexity index is 642. The Balaban J connectivity index is 2.20. The van der Waals surface area contributed by atoms with Crippen LogP contribution in [0.4, 0.5) is 10.1 Å². The number of aromatic nitrogens is 2. The number of rotatable bonds is 4. The minimum absolute atomic E-state index is 0.345. The third-order valence-corrected chi connectivity index (χ3v) is 2.68. The Labute approximate surface area is 113 Å². The highest BCUT2D eigenvalue weighted by Crippen LogP contribution is 2.17. The number of imidazole rings is 1. The second-order valence-electron chi connectivity index (χ2n) is 4.09. The van der Waals surface area contributed by atoms with Crippen molar-refractivity contribution in [3.8, 4) is 0 Å². The molecule has 104 valence electrons. The molecule has 1 atom stereocenters. The standard InChI is InChI=1S/C12H11FN4O3/c1-7(11-14-4-5-15-11)16-12(18)9-6-8(17(19)20)2-3-10(9)13/h2-7H,1H3,(H,14,15)(H,16,18). The topological polar surface area (TPSA) is 101 Å². The van der Waals surface area contributed by atoms with Crippen molar-refractivity contribution in [2.75, 3.05) is 0 Å². The van der Waals surface area contributed by atoms with Gasteiger partial charge in [-0.2, -0.15) is 0 Å².